The molecule has 0 spiro atoms. The number of rotatable bonds is 5. The number of halogens is 2. The molecule has 1 heterocycles. The largest absolute Gasteiger partial charge is 0.321 e. The molecule has 0 aliphatic rings. The van der Waals surface area contributed by atoms with Gasteiger partial charge in [0, 0.05) is 16.4 Å². The van der Waals surface area contributed by atoms with E-state index in [1.165, 1.54) is 23.9 Å². The van der Waals surface area contributed by atoms with Crippen molar-refractivity contribution >= 4 is 39.3 Å². The van der Waals surface area contributed by atoms with Crippen LogP contribution in [0.25, 0.3) is 0 Å². The Balaban J connectivity index is 1.75. The molecular weight excluding hydrogens is 403 g/mol. The van der Waals surface area contributed by atoms with E-state index < -0.39 is 0 Å². The van der Waals surface area contributed by atoms with E-state index in [1.54, 1.807) is 30.5 Å². The van der Waals surface area contributed by atoms with E-state index in [0.29, 0.717) is 22.0 Å². The molecule has 0 atom stereocenters. The van der Waals surface area contributed by atoms with Crippen LogP contribution in [-0.4, -0.2) is 10.9 Å². The summed E-state index contributed by atoms with van der Waals surface area (Å²) in [5.74, 6) is 0.119. The molecule has 2 aromatic carbocycles. The second-order valence-electron chi connectivity index (χ2n) is 5.21. The van der Waals surface area contributed by atoms with Crippen LogP contribution in [0.5, 0.6) is 0 Å². The van der Waals surface area contributed by atoms with Gasteiger partial charge < -0.3 is 5.32 Å². The zero-order chi connectivity index (χ0) is 17.6. The van der Waals surface area contributed by atoms with E-state index in [2.05, 4.69) is 26.2 Å². The van der Waals surface area contributed by atoms with E-state index >= 15 is 0 Å². The first-order valence-corrected chi connectivity index (χ1v) is 9.29. The lowest BCUT2D eigenvalue weighted by Crippen LogP contribution is -2.14. The summed E-state index contributed by atoms with van der Waals surface area (Å²) in [4.78, 5) is 16.9. The summed E-state index contributed by atoms with van der Waals surface area (Å²) in [5, 5.41) is 3.52. The molecule has 0 fully saturated rings. The van der Waals surface area contributed by atoms with Crippen LogP contribution in [0, 0.1) is 5.82 Å². The van der Waals surface area contributed by atoms with Gasteiger partial charge in [0.2, 0.25) is 0 Å². The fourth-order valence-electron chi connectivity index (χ4n) is 2.16. The van der Waals surface area contributed by atoms with Gasteiger partial charge in [-0.25, -0.2) is 9.37 Å². The Labute approximate surface area is 157 Å². The van der Waals surface area contributed by atoms with E-state index in [4.69, 9.17) is 0 Å². The van der Waals surface area contributed by atoms with Crippen molar-refractivity contribution in [3.63, 3.8) is 0 Å². The van der Waals surface area contributed by atoms with Gasteiger partial charge in [-0.2, -0.15) is 0 Å². The number of amides is 1. The number of anilines is 1. The SMILES string of the molecule is O=C(Nc1ccccc1Br)c1cccnc1SCc1ccc(F)cc1. The zero-order valence-electron chi connectivity index (χ0n) is 13.1. The summed E-state index contributed by atoms with van der Waals surface area (Å²) in [7, 11) is 0. The Bertz CT molecular complexity index is 887. The first-order valence-electron chi connectivity index (χ1n) is 7.51. The number of para-hydroxylation sites is 1. The smallest absolute Gasteiger partial charge is 0.258 e. The van der Waals surface area contributed by atoms with Gasteiger partial charge in [0.25, 0.3) is 5.91 Å². The van der Waals surface area contributed by atoms with Crippen molar-refractivity contribution in [2.45, 2.75) is 10.8 Å². The normalized spacial score (nSPS) is 10.5. The third-order valence-corrected chi connectivity index (χ3v) is 5.19. The molecule has 1 amide bonds. The van der Waals surface area contributed by atoms with Gasteiger partial charge >= 0.3 is 0 Å². The highest BCUT2D eigenvalue weighted by Gasteiger charge is 2.14. The number of nitrogens with one attached hydrogen (secondary N) is 1. The van der Waals surface area contributed by atoms with Crippen LogP contribution in [-0.2, 0) is 5.75 Å². The number of thioether (sulfide) groups is 1. The van der Waals surface area contributed by atoms with Gasteiger partial charge in [0.05, 0.1) is 11.3 Å². The maximum atomic E-state index is 13.0. The number of nitrogens with zero attached hydrogens (tertiary/aromatic N) is 1. The first-order chi connectivity index (χ1) is 12.1. The molecule has 25 heavy (non-hydrogen) atoms. The van der Waals surface area contributed by atoms with Gasteiger partial charge in [-0.05, 0) is 57.9 Å². The molecule has 3 aromatic rings. The van der Waals surface area contributed by atoms with Gasteiger partial charge in [0.1, 0.15) is 10.8 Å². The Kier molecular flexibility index (Phi) is 5.83. The lowest BCUT2D eigenvalue weighted by Gasteiger charge is -2.10. The summed E-state index contributed by atoms with van der Waals surface area (Å²) >= 11 is 4.86. The maximum absolute atomic E-state index is 13.0. The topological polar surface area (TPSA) is 42.0 Å². The molecule has 3 rings (SSSR count). The van der Waals surface area contributed by atoms with Gasteiger partial charge in [0.15, 0.2) is 0 Å². The van der Waals surface area contributed by atoms with Crippen LogP contribution in [0.2, 0.25) is 0 Å². The molecule has 1 N–H and O–H groups in total. The van der Waals surface area contributed by atoms with Crippen molar-refractivity contribution < 1.29 is 9.18 Å². The molecule has 0 bridgehead atoms. The second kappa shape index (κ2) is 8.27. The Morgan fingerprint density at radius 3 is 2.60 bits per heavy atom. The highest BCUT2D eigenvalue weighted by Crippen LogP contribution is 2.26. The quantitative estimate of drug-likeness (QED) is 0.556. The average Bonchev–Trinajstić information content (AvgIpc) is 2.63. The molecule has 1 aromatic heterocycles. The second-order valence-corrected chi connectivity index (χ2v) is 7.02. The van der Waals surface area contributed by atoms with E-state index in [-0.39, 0.29) is 11.7 Å². The average molecular weight is 417 g/mol. The van der Waals surface area contributed by atoms with Crippen molar-refractivity contribution in [2.75, 3.05) is 5.32 Å². The molecular formula is C19H14BrFN2OS. The van der Waals surface area contributed by atoms with E-state index in [0.717, 1.165) is 10.0 Å². The molecule has 0 aliphatic heterocycles. The van der Waals surface area contributed by atoms with Crippen LogP contribution in [0.15, 0.2) is 76.4 Å². The fourth-order valence-corrected chi connectivity index (χ4v) is 3.49. The summed E-state index contributed by atoms with van der Waals surface area (Å²) in [6.45, 7) is 0. The molecule has 6 heteroatoms. The van der Waals surface area contributed by atoms with Crippen LogP contribution in [0.3, 0.4) is 0 Å². The van der Waals surface area contributed by atoms with E-state index in [1.807, 2.05) is 24.3 Å². The van der Waals surface area contributed by atoms with Gasteiger partial charge in [-0.1, -0.05) is 24.3 Å². The molecule has 0 saturated carbocycles. The van der Waals surface area contributed by atoms with Crippen molar-refractivity contribution in [2.24, 2.45) is 0 Å². The highest BCUT2D eigenvalue weighted by atomic mass is 79.9. The summed E-state index contributed by atoms with van der Waals surface area (Å²) in [5.41, 5.74) is 2.17. The molecule has 126 valence electrons. The number of hydrogen-bond acceptors (Lipinski definition) is 3. The number of carbonyl (C=O) groups is 1. The third-order valence-electron chi connectivity index (χ3n) is 3.43. The van der Waals surface area contributed by atoms with Crippen LogP contribution < -0.4 is 5.32 Å². The summed E-state index contributed by atoms with van der Waals surface area (Å²) in [6.07, 6.45) is 1.65. The lowest BCUT2D eigenvalue weighted by atomic mass is 10.2. The third kappa shape index (κ3) is 4.67. The predicted molar refractivity (Wildman–Crippen MR) is 102 cm³/mol. The Morgan fingerprint density at radius 1 is 1.08 bits per heavy atom. The fraction of sp³-hybridized carbons (Fsp3) is 0.0526. The maximum Gasteiger partial charge on any atom is 0.258 e. The van der Waals surface area contributed by atoms with Gasteiger partial charge in [-0.15, -0.1) is 11.8 Å². The number of aromatic nitrogens is 1. The minimum Gasteiger partial charge on any atom is -0.321 e. The Hall–Kier alpha value is -2.18. The first kappa shape index (κ1) is 17.6. The zero-order valence-corrected chi connectivity index (χ0v) is 15.5. The van der Waals surface area contributed by atoms with Crippen LogP contribution >= 0.6 is 27.7 Å². The Morgan fingerprint density at radius 2 is 1.84 bits per heavy atom. The number of hydrogen-bond donors (Lipinski definition) is 1. The van der Waals surface area contributed by atoms with Crippen molar-refractivity contribution in [1.29, 1.82) is 0 Å². The molecule has 0 unspecified atom stereocenters. The predicted octanol–water partition coefficient (Wildman–Crippen LogP) is 5.53. The monoisotopic (exact) mass is 416 g/mol. The van der Waals surface area contributed by atoms with Crippen molar-refractivity contribution in [3.05, 3.63) is 88.3 Å². The number of pyridine rings is 1. The minimum atomic E-state index is -0.264. The molecule has 0 radical (unpaired) electrons. The van der Waals surface area contributed by atoms with Gasteiger partial charge in [-0.3, -0.25) is 4.79 Å². The molecule has 3 nitrogen and oxygen atoms in total. The highest BCUT2D eigenvalue weighted by molar-refractivity contribution is 9.10. The van der Waals surface area contributed by atoms with E-state index in [9.17, 15) is 9.18 Å². The van der Waals surface area contributed by atoms with Crippen molar-refractivity contribution in [1.82, 2.24) is 4.98 Å². The minimum absolute atomic E-state index is 0.221. The summed E-state index contributed by atoms with van der Waals surface area (Å²) < 4.78 is 13.8. The number of benzene rings is 2. The lowest BCUT2D eigenvalue weighted by molar-refractivity contribution is 0.102. The molecule has 0 saturated heterocycles. The van der Waals surface area contributed by atoms with Crippen LogP contribution in [0.1, 0.15) is 15.9 Å². The van der Waals surface area contributed by atoms with Crippen LogP contribution in [0.4, 0.5) is 10.1 Å². The number of carbonyl (C=O) groups excluding carboxylic acids is 1. The summed E-state index contributed by atoms with van der Waals surface area (Å²) in [6, 6.07) is 17.2. The molecule has 0 aliphatic carbocycles. The standard InChI is InChI=1S/C19H14BrFN2OS/c20-16-5-1-2-6-17(16)23-18(24)15-4-3-11-22-19(15)25-12-13-7-9-14(21)10-8-13/h1-11H,12H2,(H,23,24). The van der Waals surface area contributed by atoms with Crippen molar-refractivity contribution in [3.8, 4) is 0 Å².